The van der Waals surface area contributed by atoms with Crippen molar-refractivity contribution >= 4 is 6.29 Å². The van der Waals surface area contributed by atoms with Crippen molar-refractivity contribution < 1.29 is 14.1 Å². The molecule has 2 unspecified atom stereocenters. The number of ether oxygens (including phenoxy) is 1. The van der Waals surface area contributed by atoms with Crippen LogP contribution in [-0.4, -0.2) is 24.2 Å². The number of hydrogen-bond donors (Lipinski definition) is 0. The van der Waals surface area contributed by atoms with E-state index in [2.05, 4.69) is 5.16 Å². The van der Waals surface area contributed by atoms with Crippen molar-refractivity contribution in [2.45, 2.75) is 31.8 Å². The Bertz CT molecular complexity index is 321. The van der Waals surface area contributed by atoms with Crippen LogP contribution in [-0.2, 0) is 4.74 Å². The van der Waals surface area contributed by atoms with Crippen molar-refractivity contribution in [3.05, 3.63) is 17.5 Å². The van der Waals surface area contributed by atoms with E-state index in [0.29, 0.717) is 17.9 Å². The van der Waals surface area contributed by atoms with Crippen LogP contribution in [0.4, 0.5) is 0 Å². The van der Waals surface area contributed by atoms with Gasteiger partial charge in [-0.2, -0.15) is 0 Å². The summed E-state index contributed by atoms with van der Waals surface area (Å²) in [6.45, 7) is 2.80. The summed E-state index contributed by atoms with van der Waals surface area (Å²) in [6.07, 6.45) is 2.85. The van der Waals surface area contributed by atoms with E-state index in [1.54, 1.807) is 6.07 Å². The third kappa shape index (κ3) is 1.85. The Morgan fingerprint density at radius 1 is 1.64 bits per heavy atom. The van der Waals surface area contributed by atoms with Gasteiger partial charge in [-0.15, -0.1) is 0 Å². The second kappa shape index (κ2) is 3.92. The molecule has 0 bridgehead atoms. The lowest BCUT2D eigenvalue weighted by Gasteiger charge is -2.25. The van der Waals surface area contributed by atoms with Crippen LogP contribution in [0, 0.1) is 0 Å². The summed E-state index contributed by atoms with van der Waals surface area (Å²) in [6, 6.07) is 1.72. The molecule has 1 fully saturated rings. The minimum atomic E-state index is 0.263. The summed E-state index contributed by atoms with van der Waals surface area (Å²) in [5, 5.41) is 3.65. The maximum absolute atomic E-state index is 10.4. The van der Waals surface area contributed by atoms with Gasteiger partial charge in [-0.05, 0) is 19.8 Å². The molecule has 0 N–H and O–H groups in total. The van der Waals surface area contributed by atoms with Crippen molar-refractivity contribution in [2.24, 2.45) is 0 Å². The van der Waals surface area contributed by atoms with Crippen LogP contribution in [0.5, 0.6) is 0 Å². The normalized spacial score (nSPS) is 27.5. The largest absolute Gasteiger partial charge is 0.378 e. The Kier molecular flexibility index (Phi) is 2.63. The molecular weight excluding hydrogens is 182 g/mol. The standard InChI is InChI=1S/C10H13NO3/c1-7-4-8(2-3-13-7)10-5-9(6-12)11-14-10/h5-8H,2-4H2,1H3. The van der Waals surface area contributed by atoms with E-state index < -0.39 is 0 Å². The molecule has 1 aliphatic rings. The highest BCUT2D eigenvalue weighted by atomic mass is 16.5. The number of nitrogens with zero attached hydrogens (tertiary/aromatic N) is 1. The zero-order chi connectivity index (χ0) is 9.97. The maximum atomic E-state index is 10.4. The highest BCUT2D eigenvalue weighted by Crippen LogP contribution is 2.29. The first kappa shape index (κ1) is 9.40. The van der Waals surface area contributed by atoms with E-state index in [0.717, 1.165) is 25.2 Å². The number of aldehydes is 1. The molecule has 1 saturated heterocycles. The molecule has 2 atom stereocenters. The quantitative estimate of drug-likeness (QED) is 0.675. The van der Waals surface area contributed by atoms with Crippen LogP contribution >= 0.6 is 0 Å². The fourth-order valence-electron chi connectivity index (χ4n) is 1.81. The lowest BCUT2D eigenvalue weighted by molar-refractivity contribution is 0.0143. The Morgan fingerprint density at radius 3 is 3.14 bits per heavy atom. The fraction of sp³-hybridized carbons (Fsp3) is 0.600. The summed E-state index contributed by atoms with van der Waals surface area (Å²) < 4.78 is 10.5. The van der Waals surface area contributed by atoms with Gasteiger partial charge in [-0.1, -0.05) is 5.16 Å². The van der Waals surface area contributed by atoms with Gasteiger partial charge in [0, 0.05) is 18.6 Å². The minimum absolute atomic E-state index is 0.263. The van der Waals surface area contributed by atoms with Gasteiger partial charge in [-0.3, -0.25) is 4.79 Å². The zero-order valence-corrected chi connectivity index (χ0v) is 8.10. The molecule has 1 aromatic heterocycles. The van der Waals surface area contributed by atoms with Crippen molar-refractivity contribution in [3.8, 4) is 0 Å². The molecule has 0 aromatic carbocycles. The molecule has 0 saturated carbocycles. The molecule has 0 spiro atoms. The average Bonchev–Trinajstić information content (AvgIpc) is 2.66. The molecule has 0 amide bonds. The highest BCUT2D eigenvalue weighted by Gasteiger charge is 2.24. The van der Waals surface area contributed by atoms with E-state index in [1.807, 2.05) is 6.92 Å². The predicted molar refractivity (Wildman–Crippen MR) is 49.3 cm³/mol. The molecule has 2 rings (SSSR count). The number of aromatic nitrogens is 1. The van der Waals surface area contributed by atoms with Crippen LogP contribution < -0.4 is 0 Å². The average molecular weight is 195 g/mol. The molecule has 1 aromatic rings. The number of rotatable bonds is 2. The highest BCUT2D eigenvalue weighted by molar-refractivity contribution is 5.71. The molecule has 1 aliphatic heterocycles. The van der Waals surface area contributed by atoms with E-state index >= 15 is 0 Å². The third-order valence-electron chi connectivity index (χ3n) is 2.55. The predicted octanol–water partition coefficient (Wildman–Crippen LogP) is 1.77. The maximum Gasteiger partial charge on any atom is 0.171 e. The summed E-state index contributed by atoms with van der Waals surface area (Å²) in [7, 11) is 0. The molecule has 76 valence electrons. The lowest BCUT2D eigenvalue weighted by atomic mass is 9.94. The van der Waals surface area contributed by atoms with Gasteiger partial charge in [0.25, 0.3) is 0 Å². The van der Waals surface area contributed by atoms with Crippen molar-refractivity contribution in [2.75, 3.05) is 6.61 Å². The first-order chi connectivity index (χ1) is 6.79. The van der Waals surface area contributed by atoms with Crippen LogP contribution in [0.15, 0.2) is 10.6 Å². The van der Waals surface area contributed by atoms with E-state index in [-0.39, 0.29) is 6.10 Å². The number of hydrogen-bond acceptors (Lipinski definition) is 4. The van der Waals surface area contributed by atoms with Crippen molar-refractivity contribution in [3.63, 3.8) is 0 Å². The summed E-state index contributed by atoms with van der Waals surface area (Å²) in [5.41, 5.74) is 0.374. The number of carbonyl (C=O) groups excluding carboxylic acids is 1. The van der Waals surface area contributed by atoms with Crippen LogP contribution in [0.3, 0.4) is 0 Å². The fourth-order valence-corrected chi connectivity index (χ4v) is 1.81. The third-order valence-corrected chi connectivity index (χ3v) is 2.55. The molecule has 4 heteroatoms. The van der Waals surface area contributed by atoms with Gasteiger partial charge >= 0.3 is 0 Å². The molecule has 0 radical (unpaired) electrons. The smallest absolute Gasteiger partial charge is 0.171 e. The zero-order valence-electron chi connectivity index (χ0n) is 8.10. The molecule has 0 aliphatic carbocycles. The Morgan fingerprint density at radius 2 is 2.50 bits per heavy atom. The van der Waals surface area contributed by atoms with E-state index in [9.17, 15) is 4.79 Å². The van der Waals surface area contributed by atoms with Gasteiger partial charge in [0.05, 0.1) is 6.10 Å². The Hall–Kier alpha value is -1.16. The van der Waals surface area contributed by atoms with Crippen LogP contribution in [0.25, 0.3) is 0 Å². The summed E-state index contributed by atoms with van der Waals surface area (Å²) >= 11 is 0. The summed E-state index contributed by atoms with van der Waals surface area (Å²) in [4.78, 5) is 10.4. The molecule has 2 heterocycles. The topological polar surface area (TPSA) is 52.3 Å². The van der Waals surface area contributed by atoms with Gasteiger partial charge in [-0.25, -0.2) is 0 Å². The SMILES string of the molecule is CC1CC(c2cc(C=O)no2)CCO1. The van der Waals surface area contributed by atoms with Crippen molar-refractivity contribution in [1.29, 1.82) is 0 Å². The second-order valence-electron chi connectivity index (χ2n) is 3.67. The van der Waals surface area contributed by atoms with E-state index in [1.165, 1.54) is 0 Å². The number of carbonyl (C=O) groups is 1. The van der Waals surface area contributed by atoms with Crippen LogP contribution in [0.1, 0.15) is 41.9 Å². The molecular formula is C10H13NO3. The monoisotopic (exact) mass is 195 g/mol. The van der Waals surface area contributed by atoms with Crippen molar-refractivity contribution in [1.82, 2.24) is 5.16 Å². The van der Waals surface area contributed by atoms with E-state index in [4.69, 9.17) is 9.26 Å². The molecule has 14 heavy (non-hydrogen) atoms. The van der Waals surface area contributed by atoms with Gasteiger partial charge in [0.2, 0.25) is 0 Å². The Labute approximate surface area is 82.2 Å². The van der Waals surface area contributed by atoms with Crippen LogP contribution in [0.2, 0.25) is 0 Å². The van der Waals surface area contributed by atoms with Gasteiger partial charge in [0.1, 0.15) is 11.5 Å². The summed E-state index contributed by atoms with van der Waals surface area (Å²) in [5.74, 6) is 1.15. The Balaban J connectivity index is 2.09. The first-order valence-corrected chi connectivity index (χ1v) is 4.83. The lowest BCUT2D eigenvalue weighted by Crippen LogP contribution is -2.21. The van der Waals surface area contributed by atoms with Gasteiger partial charge in [0.15, 0.2) is 6.29 Å². The van der Waals surface area contributed by atoms with Gasteiger partial charge < -0.3 is 9.26 Å². The minimum Gasteiger partial charge on any atom is -0.378 e. The molecule has 4 nitrogen and oxygen atoms in total. The second-order valence-corrected chi connectivity index (χ2v) is 3.67. The first-order valence-electron chi connectivity index (χ1n) is 4.83.